The van der Waals surface area contributed by atoms with Crippen molar-refractivity contribution in [3.63, 3.8) is 0 Å². The van der Waals surface area contributed by atoms with Crippen LogP contribution in [-0.4, -0.2) is 24.5 Å². The Hall–Kier alpha value is -1.21. The molecule has 0 aromatic carbocycles. The second kappa shape index (κ2) is 4.81. The van der Waals surface area contributed by atoms with Crippen LogP contribution in [0.25, 0.3) is 0 Å². The van der Waals surface area contributed by atoms with Crippen molar-refractivity contribution in [1.82, 2.24) is 9.55 Å². The first-order chi connectivity index (χ1) is 8.37. The van der Waals surface area contributed by atoms with Gasteiger partial charge in [0.05, 0.1) is 6.20 Å². The zero-order valence-corrected chi connectivity index (χ0v) is 11.8. The minimum Gasteiger partial charge on any atom is -0.529 e. The van der Waals surface area contributed by atoms with Gasteiger partial charge in [0.2, 0.25) is 14.2 Å². The van der Waals surface area contributed by atoms with Gasteiger partial charge in [-0.15, -0.1) is 0 Å². The molecule has 0 saturated carbocycles. The first-order valence-corrected chi connectivity index (χ1v) is 9.37. The van der Waals surface area contributed by atoms with Crippen LogP contribution < -0.4 is 10.1 Å². The third-order valence-electron chi connectivity index (χ3n) is 2.49. The van der Waals surface area contributed by atoms with Crippen LogP contribution in [0.5, 0.6) is 5.88 Å². The molecule has 2 rings (SSSR count). The van der Waals surface area contributed by atoms with Crippen LogP contribution >= 0.6 is 0 Å². The Kier molecular flexibility index (Phi) is 3.53. The topological polar surface area (TPSA) is 53.3 Å². The maximum Gasteiger partial charge on any atom is 0.353 e. The highest BCUT2D eigenvalue weighted by Gasteiger charge is 2.24. The summed E-state index contributed by atoms with van der Waals surface area (Å²) in [4.78, 5) is 15.5. The van der Waals surface area contributed by atoms with Crippen LogP contribution in [0, 0.1) is 5.82 Å². The highest BCUT2D eigenvalue weighted by atomic mass is 28.4. The predicted octanol–water partition coefficient (Wildman–Crippen LogP) is 1.91. The van der Waals surface area contributed by atoms with Crippen molar-refractivity contribution >= 4 is 8.32 Å². The summed E-state index contributed by atoms with van der Waals surface area (Å²) in [7, 11) is -1.98. The van der Waals surface area contributed by atoms with E-state index in [4.69, 9.17) is 9.16 Å². The van der Waals surface area contributed by atoms with Crippen molar-refractivity contribution in [2.24, 2.45) is 0 Å². The minimum absolute atomic E-state index is 0.201. The molecule has 100 valence electrons. The summed E-state index contributed by atoms with van der Waals surface area (Å²) < 4.78 is 25.8. The Morgan fingerprint density at radius 1 is 1.56 bits per heavy atom. The number of hydrogen-bond donors (Lipinski definition) is 0. The molecule has 18 heavy (non-hydrogen) atoms. The summed E-state index contributed by atoms with van der Waals surface area (Å²) in [6, 6.07) is 0. The van der Waals surface area contributed by atoms with E-state index in [2.05, 4.69) is 4.98 Å². The fourth-order valence-electron chi connectivity index (χ4n) is 1.78. The lowest BCUT2D eigenvalue weighted by molar-refractivity contribution is 0.0516. The third-order valence-corrected chi connectivity index (χ3v) is 3.30. The Balaban J connectivity index is 2.31. The lowest BCUT2D eigenvalue weighted by Gasteiger charge is -2.19. The first kappa shape index (κ1) is 13.2. The number of halogens is 1. The molecule has 1 unspecified atom stereocenters. The normalized spacial score (nSPS) is 20.1. The fourth-order valence-corrected chi connectivity index (χ4v) is 2.50. The lowest BCUT2D eigenvalue weighted by Crippen LogP contribution is -2.33. The molecule has 1 atom stereocenters. The Morgan fingerprint density at radius 2 is 2.28 bits per heavy atom. The van der Waals surface area contributed by atoms with Gasteiger partial charge < -0.3 is 9.16 Å². The largest absolute Gasteiger partial charge is 0.529 e. The highest BCUT2D eigenvalue weighted by molar-refractivity contribution is 6.70. The van der Waals surface area contributed by atoms with Crippen molar-refractivity contribution in [2.75, 3.05) is 6.61 Å². The zero-order valence-electron chi connectivity index (χ0n) is 10.8. The van der Waals surface area contributed by atoms with Crippen LogP contribution in [0.3, 0.4) is 0 Å². The van der Waals surface area contributed by atoms with Crippen molar-refractivity contribution < 1.29 is 13.6 Å². The van der Waals surface area contributed by atoms with Crippen LogP contribution in [0.4, 0.5) is 4.39 Å². The molecule has 1 aromatic rings. The molecular weight excluding hydrogens is 255 g/mol. The number of nitrogens with zero attached hydrogens (tertiary/aromatic N) is 2. The van der Waals surface area contributed by atoms with Gasteiger partial charge in [-0.2, -0.15) is 9.37 Å². The fraction of sp³-hybridized carbons (Fsp3) is 0.636. The summed E-state index contributed by atoms with van der Waals surface area (Å²) in [6.45, 7) is 6.30. The number of hydrogen-bond acceptors (Lipinski definition) is 4. The number of ether oxygens (including phenoxy) is 1. The van der Waals surface area contributed by atoms with E-state index in [1.54, 1.807) is 0 Å². The summed E-state index contributed by atoms with van der Waals surface area (Å²) in [5.41, 5.74) is -0.531. The van der Waals surface area contributed by atoms with Gasteiger partial charge in [0.25, 0.3) is 0 Å². The van der Waals surface area contributed by atoms with Gasteiger partial charge >= 0.3 is 5.69 Å². The van der Waals surface area contributed by atoms with E-state index in [0.717, 1.165) is 12.6 Å². The van der Waals surface area contributed by atoms with Crippen LogP contribution in [0.1, 0.15) is 19.1 Å². The van der Waals surface area contributed by atoms with Crippen molar-refractivity contribution in [3.05, 3.63) is 22.5 Å². The smallest absolute Gasteiger partial charge is 0.353 e. The molecule has 1 fully saturated rings. The van der Waals surface area contributed by atoms with Gasteiger partial charge in [0.1, 0.15) is 6.23 Å². The number of aromatic nitrogens is 2. The van der Waals surface area contributed by atoms with Crippen LogP contribution in [0.15, 0.2) is 11.0 Å². The highest BCUT2D eigenvalue weighted by Crippen LogP contribution is 2.23. The van der Waals surface area contributed by atoms with Crippen molar-refractivity contribution in [3.8, 4) is 5.88 Å². The van der Waals surface area contributed by atoms with E-state index >= 15 is 0 Å². The van der Waals surface area contributed by atoms with Gasteiger partial charge in [-0.05, 0) is 32.5 Å². The van der Waals surface area contributed by atoms with Crippen LogP contribution in [-0.2, 0) is 4.74 Å². The SMILES string of the molecule is C[Si](C)(C)Oc1nc(=O)n(C2CCCO2)cc1F. The van der Waals surface area contributed by atoms with E-state index in [-0.39, 0.29) is 5.88 Å². The third kappa shape index (κ3) is 2.97. The van der Waals surface area contributed by atoms with E-state index in [1.807, 2.05) is 19.6 Å². The standard InChI is InChI=1S/C11H17FN2O3Si/c1-18(2,3)17-10-8(12)7-14(11(15)13-10)9-5-4-6-16-9/h7,9H,4-6H2,1-3H3. The first-order valence-electron chi connectivity index (χ1n) is 5.96. The predicted molar refractivity (Wildman–Crippen MR) is 66.7 cm³/mol. The maximum atomic E-state index is 13.8. The second-order valence-corrected chi connectivity index (χ2v) is 9.69. The summed E-state index contributed by atoms with van der Waals surface area (Å²) >= 11 is 0. The maximum absolute atomic E-state index is 13.8. The molecule has 1 aliphatic heterocycles. The molecule has 0 bridgehead atoms. The van der Waals surface area contributed by atoms with Gasteiger partial charge in [-0.3, -0.25) is 4.57 Å². The molecular formula is C11H17FN2O3Si. The average molecular weight is 272 g/mol. The van der Waals surface area contributed by atoms with Gasteiger partial charge in [0.15, 0.2) is 5.82 Å². The molecule has 1 aromatic heterocycles. The number of rotatable bonds is 3. The summed E-state index contributed by atoms with van der Waals surface area (Å²) in [5.74, 6) is -0.819. The van der Waals surface area contributed by atoms with E-state index in [1.165, 1.54) is 4.57 Å². The molecule has 1 aliphatic rings. The Bertz CT molecular complexity index is 492. The zero-order chi connectivity index (χ0) is 13.3. The quantitative estimate of drug-likeness (QED) is 0.789. The molecule has 5 nitrogen and oxygen atoms in total. The summed E-state index contributed by atoms with van der Waals surface area (Å²) in [6.07, 6.45) is 2.29. The van der Waals surface area contributed by atoms with Gasteiger partial charge in [0, 0.05) is 6.61 Å². The van der Waals surface area contributed by atoms with Crippen LogP contribution in [0.2, 0.25) is 19.6 Å². The van der Waals surface area contributed by atoms with Crippen molar-refractivity contribution in [1.29, 1.82) is 0 Å². The molecule has 1 saturated heterocycles. The molecule has 0 N–H and O–H groups in total. The molecule has 0 aliphatic carbocycles. The molecule has 0 spiro atoms. The molecule has 0 radical (unpaired) electrons. The van der Waals surface area contributed by atoms with E-state index in [9.17, 15) is 9.18 Å². The van der Waals surface area contributed by atoms with Gasteiger partial charge in [-0.25, -0.2) is 4.79 Å². The molecule has 0 amide bonds. The average Bonchev–Trinajstić information content (AvgIpc) is 2.74. The Labute approximate surface area is 106 Å². The van der Waals surface area contributed by atoms with E-state index < -0.39 is 26.1 Å². The summed E-state index contributed by atoms with van der Waals surface area (Å²) in [5, 5.41) is 0. The second-order valence-electron chi connectivity index (χ2n) is 5.27. The Morgan fingerprint density at radius 3 is 2.83 bits per heavy atom. The van der Waals surface area contributed by atoms with E-state index in [0.29, 0.717) is 13.0 Å². The monoisotopic (exact) mass is 272 g/mol. The molecule has 7 heteroatoms. The molecule has 2 heterocycles. The van der Waals surface area contributed by atoms with Crippen molar-refractivity contribution in [2.45, 2.75) is 38.7 Å². The lowest BCUT2D eigenvalue weighted by atomic mass is 10.3. The van der Waals surface area contributed by atoms with Gasteiger partial charge in [-0.1, -0.05) is 0 Å². The minimum atomic E-state index is -1.98.